The molecule has 114 valence electrons. The number of hydrogen-bond donors (Lipinski definition) is 1. The topological polar surface area (TPSA) is 58.1 Å². The Morgan fingerprint density at radius 1 is 1.29 bits per heavy atom. The second-order valence-corrected chi connectivity index (χ2v) is 6.72. The molecule has 2 heterocycles. The van der Waals surface area contributed by atoms with Crippen LogP contribution in [0.1, 0.15) is 55.7 Å². The van der Waals surface area contributed by atoms with Crippen LogP contribution < -0.4 is 5.32 Å². The molecule has 1 amide bonds. The molecule has 0 spiro atoms. The third kappa shape index (κ3) is 3.23. The fourth-order valence-electron chi connectivity index (χ4n) is 2.92. The van der Waals surface area contributed by atoms with E-state index in [4.69, 9.17) is 0 Å². The fraction of sp³-hybridized carbons (Fsp3) is 0.688. The molecule has 1 aromatic rings. The second kappa shape index (κ2) is 5.72. The van der Waals surface area contributed by atoms with Crippen molar-refractivity contribution in [1.29, 1.82) is 0 Å². The van der Waals surface area contributed by atoms with Crippen molar-refractivity contribution in [2.75, 3.05) is 13.1 Å². The van der Waals surface area contributed by atoms with Crippen molar-refractivity contribution in [2.45, 2.75) is 51.6 Å². The number of nitrogens with one attached hydrogen (secondary N) is 1. The molecule has 1 aliphatic heterocycles. The van der Waals surface area contributed by atoms with E-state index < -0.39 is 0 Å². The van der Waals surface area contributed by atoms with Crippen molar-refractivity contribution in [3.05, 3.63) is 23.5 Å². The highest BCUT2D eigenvalue weighted by atomic mass is 16.2. The van der Waals surface area contributed by atoms with Gasteiger partial charge in [-0.05, 0) is 44.7 Å². The van der Waals surface area contributed by atoms with Crippen LogP contribution in [0.15, 0.2) is 12.1 Å². The number of likely N-dealkylation sites (tertiary alicyclic amines) is 1. The minimum Gasteiger partial charge on any atom is -0.346 e. The van der Waals surface area contributed by atoms with Gasteiger partial charge in [-0.1, -0.05) is 6.92 Å². The maximum Gasteiger partial charge on any atom is 0.272 e. The highest BCUT2D eigenvalue weighted by Crippen LogP contribution is 2.38. The Labute approximate surface area is 126 Å². The van der Waals surface area contributed by atoms with Crippen LogP contribution in [0.3, 0.4) is 0 Å². The molecule has 2 atom stereocenters. The van der Waals surface area contributed by atoms with E-state index >= 15 is 0 Å². The van der Waals surface area contributed by atoms with Crippen molar-refractivity contribution in [3.8, 4) is 0 Å². The Balaban J connectivity index is 1.60. The Bertz CT molecular complexity index is 510. The molecule has 2 aliphatic rings. The largest absolute Gasteiger partial charge is 0.346 e. The van der Waals surface area contributed by atoms with Gasteiger partial charge in [0.15, 0.2) is 5.69 Å². The van der Waals surface area contributed by atoms with Crippen LogP contribution in [-0.2, 0) is 0 Å². The number of carbonyl (C=O) groups is 1. The number of hydrogen-bond acceptors (Lipinski definition) is 4. The lowest BCUT2D eigenvalue weighted by Crippen LogP contribution is -2.40. The average molecular weight is 288 g/mol. The minimum atomic E-state index is -0.104. The normalized spacial score (nSPS) is 26.3. The second-order valence-electron chi connectivity index (χ2n) is 6.72. The summed E-state index contributed by atoms with van der Waals surface area (Å²) in [7, 11) is 0. The van der Waals surface area contributed by atoms with Crippen LogP contribution >= 0.6 is 0 Å². The number of carbonyl (C=O) groups excluding carboxylic acids is 1. The molecule has 0 unspecified atom stereocenters. The first-order valence-corrected chi connectivity index (χ1v) is 7.93. The first-order chi connectivity index (χ1) is 10.0. The van der Waals surface area contributed by atoms with Gasteiger partial charge >= 0.3 is 0 Å². The maximum atomic E-state index is 12.3. The number of aromatic nitrogens is 2. The summed E-state index contributed by atoms with van der Waals surface area (Å²) in [6, 6.07) is 4.46. The zero-order valence-electron chi connectivity index (χ0n) is 13.0. The predicted octanol–water partition coefficient (Wildman–Crippen LogP) is 1.81. The molecule has 0 bridgehead atoms. The first kappa shape index (κ1) is 14.4. The molecule has 0 aromatic carbocycles. The first-order valence-electron chi connectivity index (χ1n) is 7.93. The lowest BCUT2D eigenvalue weighted by molar-refractivity contribution is 0.0924. The minimum absolute atomic E-state index is 0.104. The number of nitrogens with zero attached hydrogens (tertiary/aromatic N) is 3. The Hall–Kier alpha value is -1.49. The van der Waals surface area contributed by atoms with Gasteiger partial charge < -0.3 is 5.32 Å². The Kier molecular flexibility index (Phi) is 3.93. The lowest BCUT2D eigenvalue weighted by atomic mass is 10.1. The summed E-state index contributed by atoms with van der Waals surface area (Å²) in [6.45, 7) is 8.53. The van der Waals surface area contributed by atoms with E-state index in [1.54, 1.807) is 6.07 Å². The number of amides is 1. The molecule has 21 heavy (non-hydrogen) atoms. The van der Waals surface area contributed by atoms with Crippen LogP contribution in [0, 0.1) is 5.92 Å². The van der Waals surface area contributed by atoms with Gasteiger partial charge in [-0.15, -0.1) is 5.10 Å². The van der Waals surface area contributed by atoms with Gasteiger partial charge in [-0.3, -0.25) is 9.69 Å². The summed E-state index contributed by atoms with van der Waals surface area (Å²) in [5.41, 5.74) is 1.45. The van der Waals surface area contributed by atoms with Crippen LogP contribution in [-0.4, -0.2) is 46.2 Å². The highest BCUT2D eigenvalue weighted by molar-refractivity contribution is 5.92. The fourth-order valence-corrected chi connectivity index (χ4v) is 2.92. The van der Waals surface area contributed by atoms with Crippen LogP contribution in [0.2, 0.25) is 0 Å². The SMILES string of the molecule is CC(C)N1C[C@@H](C)[C@@H](NC(=O)c2ccc(C3CC3)nn2)C1. The molecule has 1 saturated carbocycles. The summed E-state index contributed by atoms with van der Waals surface area (Å²) in [5, 5.41) is 11.4. The lowest BCUT2D eigenvalue weighted by Gasteiger charge is -2.20. The Morgan fingerprint density at radius 2 is 2.05 bits per heavy atom. The van der Waals surface area contributed by atoms with Gasteiger partial charge in [-0.2, -0.15) is 5.10 Å². The van der Waals surface area contributed by atoms with E-state index in [2.05, 4.69) is 41.2 Å². The van der Waals surface area contributed by atoms with E-state index in [0.717, 1.165) is 18.8 Å². The van der Waals surface area contributed by atoms with E-state index in [-0.39, 0.29) is 11.9 Å². The summed E-state index contributed by atoms with van der Waals surface area (Å²) in [6.07, 6.45) is 2.40. The molecule has 1 aliphatic carbocycles. The Morgan fingerprint density at radius 3 is 2.57 bits per heavy atom. The van der Waals surface area contributed by atoms with Gasteiger partial charge in [-0.25, -0.2) is 0 Å². The van der Waals surface area contributed by atoms with E-state index in [1.807, 2.05) is 6.07 Å². The quantitative estimate of drug-likeness (QED) is 0.918. The zero-order chi connectivity index (χ0) is 15.0. The highest BCUT2D eigenvalue weighted by Gasteiger charge is 2.32. The molecule has 2 fully saturated rings. The average Bonchev–Trinajstić information content (AvgIpc) is 3.24. The number of rotatable bonds is 4. The third-order valence-corrected chi connectivity index (χ3v) is 4.60. The van der Waals surface area contributed by atoms with E-state index in [0.29, 0.717) is 23.6 Å². The zero-order valence-corrected chi connectivity index (χ0v) is 13.0. The molecule has 5 nitrogen and oxygen atoms in total. The molecular formula is C16H24N4O. The summed E-state index contributed by atoms with van der Waals surface area (Å²) in [4.78, 5) is 14.7. The monoisotopic (exact) mass is 288 g/mol. The molecule has 1 saturated heterocycles. The van der Waals surface area contributed by atoms with Crippen LogP contribution in [0.5, 0.6) is 0 Å². The predicted molar refractivity (Wildman–Crippen MR) is 81.1 cm³/mol. The maximum absolute atomic E-state index is 12.3. The van der Waals surface area contributed by atoms with Crippen LogP contribution in [0.25, 0.3) is 0 Å². The van der Waals surface area contributed by atoms with Gasteiger partial charge in [0, 0.05) is 31.1 Å². The third-order valence-electron chi connectivity index (χ3n) is 4.60. The molecular weight excluding hydrogens is 264 g/mol. The van der Waals surface area contributed by atoms with Crippen molar-refractivity contribution in [3.63, 3.8) is 0 Å². The standard InChI is InChI=1S/C16H24N4O/c1-10(2)20-8-11(3)15(9-20)17-16(21)14-7-6-13(18-19-14)12-4-5-12/h6-7,10-12,15H,4-5,8-9H2,1-3H3,(H,17,21)/t11-,15+/m1/s1. The summed E-state index contributed by atoms with van der Waals surface area (Å²) >= 11 is 0. The smallest absolute Gasteiger partial charge is 0.272 e. The van der Waals surface area contributed by atoms with Crippen LogP contribution in [0.4, 0.5) is 0 Å². The van der Waals surface area contributed by atoms with Crippen molar-refractivity contribution in [1.82, 2.24) is 20.4 Å². The molecule has 3 rings (SSSR count). The van der Waals surface area contributed by atoms with Gasteiger partial charge in [0.25, 0.3) is 5.91 Å². The molecule has 1 N–H and O–H groups in total. The molecule has 0 radical (unpaired) electrons. The summed E-state index contributed by atoms with van der Waals surface area (Å²) in [5.74, 6) is 0.936. The van der Waals surface area contributed by atoms with Crippen molar-refractivity contribution < 1.29 is 4.79 Å². The van der Waals surface area contributed by atoms with E-state index in [9.17, 15) is 4.79 Å². The van der Waals surface area contributed by atoms with Crippen molar-refractivity contribution >= 4 is 5.91 Å². The molecule has 1 aromatic heterocycles. The summed E-state index contributed by atoms with van der Waals surface area (Å²) < 4.78 is 0. The van der Waals surface area contributed by atoms with Gasteiger partial charge in [0.1, 0.15) is 0 Å². The van der Waals surface area contributed by atoms with Gasteiger partial charge in [0.05, 0.1) is 5.69 Å². The van der Waals surface area contributed by atoms with E-state index in [1.165, 1.54) is 12.8 Å². The molecule has 5 heteroatoms. The van der Waals surface area contributed by atoms with Crippen molar-refractivity contribution in [2.24, 2.45) is 5.92 Å². The van der Waals surface area contributed by atoms with Gasteiger partial charge in [0.2, 0.25) is 0 Å².